The molecule has 106 valence electrons. The molecule has 0 heterocycles. The van der Waals surface area contributed by atoms with Gasteiger partial charge in [-0.25, -0.2) is 0 Å². The van der Waals surface area contributed by atoms with E-state index >= 15 is 0 Å². The Morgan fingerprint density at radius 3 is 2.53 bits per heavy atom. The quantitative estimate of drug-likeness (QED) is 0.898. The van der Waals surface area contributed by atoms with Crippen LogP contribution >= 0.6 is 0 Å². The molecule has 3 atom stereocenters. The summed E-state index contributed by atoms with van der Waals surface area (Å²) in [5, 5.41) is 10.5. The molecule has 2 heteroatoms. The number of hydrogen-bond donors (Lipinski definition) is 1. The summed E-state index contributed by atoms with van der Waals surface area (Å²) in [6, 6.07) is 8.19. The van der Waals surface area contributed by atoms with Crippen LogP contribution in [0.3, 0.4) is 0 Å². The lowest BCUT2D eigenvalue weighted by atomic mass is 9.64. The fourth-order valence-corrected chi connectivity index (χ4v) is 3.57. The fraction of sp³-hybridized carbons (Fsp3) is 0.647. The van der Waals surface area contributed by atoms with Gasteiger partial charge in [-0.1, -0.05) is 45.4 Å². The highest BCUT2D eigenvalue weighted by atomic mass is 16.5. The summed E-state index contributed by atoms with van der Waals surface area (Å²) in [4.78, 5) is 0. The minimum atomic E-state index is -0.205. The number of aliphatic hydroxyl groups excluding tert-OH is 1. The summed E-state index contributed by atoms with van der Waals surface area (Å²) in [6.45, 7) is 6.69. The van der Waals surface area contributed by atoms with Gasteiger partial charge in [-0.05, 0) is 36.2 Å². The highest BCUT2D eigenvalue weighted by Crippen LogP contribution is 2.44. The maximum absolute atomic E-state index is 10.5. The van der Waals surface area contributed by atoms with Crippen molar-refractivity contribution in [2.75, 3.05) is 7.11 Å². The van der Waals surface area contributed by atoms with E-state index in [1.165, 1.54) is 12.0 Å². The molecule has 1 fully saturated rings. The van der Waals surface area contributed by atoms with Gasteiger partial charge in [0.25, 0.3) is 0 Å². The number of ether oxygens (including phenoxy) is 1. The fourth-order valence-electron chi connectivity index (χ4n) is 3.57. The van der Waals surface area contributed by atoms with Crippen LogP contribution in [0.15, 0.2) is 24.3 Å². The zero-order chi connectivity index (χ0) is 14.0. The number of methoxy groups -OCH3 is 1. The van der Waals surface area contributed by atoms with Crippen LogP contribution in [0.2, 0.25) is 0 Å². The average molecular weight is 262 g/mol. The molecule has 2 nitrogen and oxygen atoms in total. The second kappa shape index (κ2) is 5.54. The van der Waals surface area contributed by atoms with Crippen molar-refractivity contribution in [3.63, 3.8) is 0 Å². The maximum Gasteiger partial charge on any atom is 0.122 e. The van der Waals surface area contributed by atoms with E-state index in [0.29, 0.717) is 11.8 Å². The van der Waals surface area contributed by atoms with Crippen molar-refractivity contribution in [3.8, 4) is 5.75 Å². The first kappa shape index (κ1) is 14.4. The van der Waals surface area contributed by atoms with Gasteiger partial charge in [0.2, 0.25) is 0 Å². The van der Waals surface area contributed by atoms with Crippen molar-refractivity contribution in [2.24, 2.45) is 11.8 Å². The normalized spacial score (nSPS) is 28.2. The average Bonchev–Trinajstić information content (AvgIpc) is 2.38. The zero-order valence-corrected chi connectivity index (χ0v) is 12.5. The first-order valence-electron chi connectivity index (χ1n) is 7.28. The molecule has 0 saturated heterocycles. The molecular formula is C17H26O2. The van der Waals surface area contributed by atoms with E-state index in [1.54, 1.807) is 7.11 Å². The van der Waals surface area contributed by atoms with Gasteiger partial charge < -0.3 is 9.84 Å². The Balaban J connectivity index is 2.31. The van der Waals surface area contributed by atoms with Gasteiger partial charge in [-0.15, -0.1) is 0 Å². The van der Waals surface area contributed by atoms with Crippen LogP contribution in [0.5, 0.6) is 5.75 Å². The molecule has 1 saturated carbocycles. The standard InChI is InChI=1S/C17H26O2/c1-12-9-10-13(15(18)11-12)17(2,3)14-7-5-6-8-16(14)19-4/h5-8,12-13,15,18H,9-11H2,1-4H3. The van der Waals surface area contributed by atoms with Gasteiger partial charge in [0.15, 0.2) is 0 Å². The SMILES string of the molecule is COc1ccccc1C(C)(C)C1CCC(C)CC1O. The van der Waals surface area contributed by atoms with E-state index < -0.39 is 0 Å². The lowest BCUT2D eigenvalue weighted by Gasteiger charge is -2.42. The molecule has 1 aromatic carbocycles. The minimum Gasteiger partial charge on any atom is -0.496 e. The molecule has 0 spiro atoms. The lowest BCUT2D eigenvalue weighted by molar-refractivity contribution is 0.0138. The second-order valence-corrected chi connectivity index (χ2v) is 6.51. The van der Waals surface area contributed by atoms with E-state index in [9.17, 15) is 5.11 Å². The molecular weight excluding hydrogens is 236 g/mol. The van der Waals surface area contributed by atoms with Gasteiger partial charge in [0, 0.05) is 5.56 Å². The third-order valence-electron chi connectivity index (χ3n) is 4.81. The monoisotopic (exact) mass is 262 g/mol. The van der Waals surface area contributed by atoms with Crippen LogP contribution in [0.4, 0.5) is 0 Å². The highest BCUT2D eigenvalue weighted by Gasteiger charge is 2.40. The van der Waals surface area contributed by atoms with Crippen LogP contribution in [-0.4, -0.2) is 18.3 Å². The van der Waals surface area contributed by atoms with Crippen molar-refractivity contribution in [1.82, 2.24) is 0 Å². The van der Waals surface area contributed by atoms with Crippen molar-refractivity contribution >= 4 is 0 Å². The van der Waals surface area contributed by atoms with Crippen molar-refractivity contribution in [2.45, 2.75) is 51.6 Å². The third-order valence-corrected chi connectivity index (χ3v) is 4.81. The molecule has 2 rings (SSSR count). The smallest absolute Gasteiger partial charge is 0.122 e. The maximum atomic E-state index is 10.5. The highest BCUT2D eigenvalue weighted by molar-refractivity contribution is 5.39. The Labute approximate surface area is 116 Å². The topological polar surface area (TPSA) is 29.5 Å². The predicted octanol–water partition coefficient (Wildman–Crippen LogP) is 3.77. The molecule has 0 aromatic heterocycles. The summed E-state index contributed by atoms with van der Waals surface area (Å²) in [5.41, 5.74) is 1.14. The molecule has 1 N–H and O–H groups in total. The van der Waals surface area contributed by atoms with E-state index in [-0.39, 0.29) is 11.5 Å². The lowest BCUT2D eigenvalue weighted by Crippen LogP contribution is -2.41. The first-order valence-corrected chi connectivity index (χ1v) is 7.28. The summed E-state index contributed by atoms with van der Waals surface area (Å²) in [6.07, 6.45) is 3.01. The molecule has 0 bridgehead atoms. The molecule has 1 aliphatic carbocycles. The number of benzene rings is 1. The van der Waals surface area contributed by atoms with Crippen molar-refractivity contribution in [3.05, 3.63) is 29.8 Å². The van der Waals surface area contributed by atoms with Crippen molar-refractivity contribution < 1.29 is 9.84 Å². The van der Waals surface area contributed by atoms with E-state index in [2.05, 4.69) is 32.9 Å². The summed E-state index contributed by atoms with van der Waals surface area (Å²) in [7, 11) is 1.72. The van der Waals surface area contributed by atoms with Gasteiger partial charge in [0.05, 0.1) is 13.2 Å². The van der Waals surface area contributed by atoms with Crippen molar-refractivity contribution in [1.29, 1.82) is 0 Å². The van der Waals surface area contributed by atoms with Crippen LogP contribution in [0.25, 0.3) is 0 Å². The largest absolute Gasteiger partial charge is 0.496 e. The molecule has 0 aliphatic heterocycles. The molecule has 3 unspecified atom stereocenters. The van der Waals surface area contributed by atoms with Gasteiger partial charge in [0.1, 0.15) is 5.75 Å². The Morgan fingerprint density at radius 2 is 1.89 bits per heavy atom. The summed E-state index contributed by atoms with van der Waals surface area (Å²) >= 11 is 0. The first-order chi connectivity index (χ1) is 8.96. The Morgan fingerprint density at radius 1 is 1.21 bits per heavy atom. The number of para-hydroxylation sites is 1. The van der Waals surface area contributed by atoms with Gasteiger partial charge in [-0.2, -0.15) is 0 Å². The zero-order valence-electron chi connectivity index (χ0n) is 12.5. The van der Waals surface area contributed by atoms with Crippen LogP contribution < -0.4 is 4.74 Å². The van der Waals surface area contributed by atoms with E-state index in [1.807, 2.05) is 12.1 Å². The molecule has 1 aromatic rings. The summed E-state index contributed by atoms with van der Waals surface area (Å²) in [5.74, 6) is 1.87. The van der Waals surface area contributed by atoms with Gasteiger partial charge >= 0.3 is 0 Å². The van der Waals surface area contributed by atoms with Crippen LogP contribution in [0.1, 0.15) is 45.6 Å². The molecule has 0 radical (unpaired) electrons. The van der Waals surface area contributed by atoms with E-state index in [0.717, 1.165) is 18.6 Å². The van der Waals surface area contributed by atoms with Crippen LogP contribution in [-0.2, 0) is 5.41 Å². The third kappa shape index (κ3) is 2.79. The minimum absolute atomic E-state index is 0.0633. The number of hydrogen-bond acceptors (Lipinski definition) is 2. The molecule has 19 heavy (non-hydrogen) atoms. The van der Waals surface area contributed by atoms with Crippen LogP contribution in [0, 0.1) is 11.8 Å². The van der Waals surface area contributed by atoms with Gasteiger partial charge in [-0.3, -0.25) is 0 Å². The van der Waals surface area contributed by atoms with E-state index in [4.69, 9.17) is 4.74 Å². The Bertz CT molecular complexity index is 425. The number of aliphatic hydroxyl groups is 1. The molecule has 0 amide bonds. The second-order valence-electron chi connectivity index (χ2n) is 6.51. The Hall–Kier alpha value is -1.02. The number of rotatable bonds is 3. The Kier molecular flexibility index (Phi) is 4.19. The summed E-state index contributed by atoms with van der Waals surface area (Å²) < 4.78 is 5.50. The molecule has 1 aliphatic rings. The predicted molar refractivity (Wildman–Crippen MR) is 78.5 cm³/mol.